The molecular weight excluding hydrogens is 247 g/mol. The fraction of sp³-hybridized carbons (Fsp3) is 0.571. The van der Waals surface area contributed by atoms with Gasteiger partial charge in [0.1, 0.15) is 5.82 Å². The van der Waals surface area contributed by atoms with Crippen molar-refractivity contribution in [1.82, 2.24) is 5.32 Å². The zero-order chi connectivity index (χ0) is 13.8. The second kappa shape index (κ2) is 6.32. The van der Waals surface area contributed by atoms with Gasteiger partial charge in [-0.1, -0.05) is 13.0 Å². The van der Waals surface area contributed by atoms with E-state index < -0.39 is 12.2 Å². The maximum Gasteiger partial charge on any atom is 0.129 e. The molecule has 1 aliphatic rings. The molecule has 5 heteroatoms. The second-order valence-electron chi connectivity index (χ2n) is 4.95. The van der Waals surface area contributed by atoms with E-state index >= 15 is 0 Å². The lowest BCUT2D eigenvalue weighted by Crippen LogP contribution is -2.25. The minimum atomic E-state index is -0.764. The van der Waals surface area contributed by atoms with Crippen LogP contribution in [0.1, 0.15) is 18.9 Å². The number of aliphatic hydroxyl groups is 2. The lowest BCUT2D eigenvalue weighted by molar-refractivity contribution is 0.0572. The summed E-state index contributed by atoms with van der Waals surface area (Å²) in [4.78, 5) is 1.83. The highest BCUT2D eigenvalue weighted by molar-refractivity contribution is 5.55. The maximum absolute atomic E-state index is 13.9. The Balaban J connectivity index is 2.17. The van der Waals surface area contributed by atoms with Crippen LogP contribution in [0.3, 0.4) is 0 Å². The van der Waals surface area contributed by atoms with E-state index in [0.29, 0.717) is 25.2 Å². The van der Waals surface area contributed by atoms with Crippen molar-refractivity contribution in [3.8, 4) is 0 Å². The number of β-amino-alcohol motifs (C(OH)–C–C–N with tert-alkyl or cyclic N) is 2. The molecule has 1 saturated heterocycles. The fourth-order valence-electron chi connectivity index (χ4n) is 2.37. The summed E-state index contributed by atoms with van der Waals surface area (Å²) in [7, 11) is 0. The number of halogens is 1. The Morgan fingerprint density at radius 2 is 2.00 bits per heavy atom. The van der Waals surface area contributed by atoms with Crippen molar-refractivity contribution in [2.45, 2.75) is 32.1 Å². The van der Waals surface area contributed by atoms with Crippen molar-refractivity contribution in [3.63, 3.8) is 0 Å². The molecule has 0 bridgehead atoms. The molecule has 0 radical (unpaired) electrons. The number of benzene rings is 1. The first-order valence-electron chi connectivity index (χ1n) is 6.72. The molecule has 0 saturated carbocycles. The Morgan fingerprint density at radius 3 is 2.63 bits per heavy atom. The lowest BCUT2D eigenvalue weighted by atomic mass is 10.1. The van der Waals surface area contributed by atoms with Gasteiger partial charge in [-0.15, -0.1) is 0 Å². The molecule has 1 aromatic carbocycles. The summed E-state index contributed by atoms with van der Waals surface area (Å²) in [5, 5.41) is 22.4. The lowest BCUT2D eigenvalue weighted by Gasteiger charge is -2.22. The van der Waals surface area contributed by atoms with Crippen LogP contribution >= 0.6 is 0 Å². The third-order valence-corrected chi connectivity index (χ3v) is 3.42. The average molecular weight is 268 g/mol. The number of hydrogen-bond donors (Lipinski definition) is 3. The van der Waals surface area contributed by atoms with E-state index in [9.17, 15) is 14.6 Å². The molecule has 0 amide bonds. The van der Waals surface area contributed by atoms with Crippen LogP contribution in [0.15, 0.2) is 18.2 Å². The van der Waals surface area contributed by atoms with E-state index in [2.05, 4.69) is 12.2 Å². The van der Waals surface area contributed by atoms with Gasteiger partial charge in [0.2, 0.25) is 0 Å². The molecule has 1 fully saturated rings. The van der Waals surface area contributed by atoms with Crippen molar-refractivity contribution >= 4 is 5.69 Å². The third-order valence-electron chi connectivity index (χ3n) is 3.42. The molecule has 1 heterocycles. The van der Waals surface area contributed by atoms with Gasteiger partial charge >= 0.3 is 0 Å². The van der Waals surface area contributed by atoms with E-state index in [4.69, 9.17) is 0 Å². The smallest absolute Gasteiger partial charge is 0.129 e. The molecule has 3 N–H and O–H groups in total. The summed E-state index contributed by atoms with van der Waals surface area (Å²) in [5.74, 6) is -0.253. The van der Waals surface area contributed by atoms with Crippen molar-refractivity contribution in [3.05, 3.63) is 29.6 Å². The van der Waals surface area contributed by atoms with Crippen LogP contribution in [0.5, 0.6) is 0 Å². The Kier molecular flexibility index (Phi) is 4.74. The molecule has 19 heavy (non-hydrogen) atoms. The van der Waals surface area contributed by atoms with Crippen molar-refractivity contribution in [2.24, 2.45) is 0 Å². The number of anilines is 1. The van der Waals surface area contributed by atoms with Gasteiger partial charge in [0.15, 0.2) is 0 Å². The minimum Gasteiger partial charge on any atom is -0.389 e. The number of rotatable bonds is 5. The average Bonchev–Trinajstić information content (AvgIpc) is 2.71. The Labute approximate surface area is 112 Å². The van der Waals surface area contributed by atoms with Gasteiger partial charge in [0, 0.05) is 30.9 Å². The third kappa shape index (κ3) is 3.23. The van der Waals surface area contributed by atoms with Crippen LogP contribution in [-0.2, 0) is 6.54 Å². The Bertz CT molecular complexity index is 418. The molecule has 0 aliphatic carbocycles. The number of aliphatic hydroxyl groups excluding tert-OH is 2. The molecule has 4 nitrogen and oxygen atoms in total. The molecule has 1 aromatic rings. The Hall–Kier alpha value is -1.17. The molecule has 0 aromatic heterocycles. The molecular formula is C14H21FN2O2. The van der Waals surface area contributed by atoms with Crippen LogP contribution in [0.25, 0.3) is 0 Å². The Morgan fingerprint density at radius 1 is 1.32 bits per heavy atom. The van der Waals surface area contributed by atoms with Crippen LogP contribution in [0.2, 0.25) is 0 Å². The second-order valence-corrected chi connectivity index (χ2v) is 4.95. The van der Waals surface area contributed by atoms with Gasteiger partial charge in [-0.3, -0.25) is 0 Å². The minimum absolute atomic E-state index is 0.253. The van der Waals surface area contributed by atoms with Crippen LogP contribution < -0.4 is 10.2 Å². The van der Waals surface area contributed by atoms with Crippen LogP contribution in [0.4, 0.5) is 10.1 Å². The first kappa shape index (κ1) is 14.2. The normalized spacial score (nSPS) is 23.1. The van der Waals surface area contributed by atoms with E-state index in [-0.39, 0.29) is 5.82 Å². The first-order valence-corrected chi connectivity index (χ1v) is 6.72. The molecule has 1 aliphatic heterocycles. The van der Waals surface area contributed by atoms with Gasteiger partial charge in [0.05, 0.1) is 12.2 Å². The number of hydrogen-bond acceptors (Lipinski definition) is 4. The highest BCUT2D eigenvalue weighted by Crippen LogP contribution is 2.26. The fourth-order valence-corrected chi connectivity index (χ4v) is 2.37. The van der Waals surface area contributed by atoms with Crippen molar-refractivity contribution in [2.75, 3.05) is 24.5 Å². The molecule has 106 valence electrons. The van der Waals surface area contributed by atoms with Gasteiger partial charge in [0.25, 0.3) is 0 Å². The summed E-state index contributed by atoms with van der Waals surface area (Å²) in [5.41, 5.74) is 1.34. The van der Waals surface area contributed by atoms with Gasteiger partial charge in [-0.2, -0.15) is 0 Å². The summed E-state index contributed by atoms with van der Waals surface area (Å²) < 4.78 is 13.9. The van der Waals surface area contributed by atoms with Gasteiger partial charge < -0.3 is 20.4 Å². The van der Waals surface area contributed by atoms with Crippen molar-refractivity contribution < 1.29 is 14.6 Å². The summed E-state index contributed by atoms with van der Waals surface area (Å²) in [6, 6.07) is 4.93. The van der Waals surface area contributed by atoms with E-state index in [0.717, 1.165) is 18.7 Å². The standard InChI is InChI=1S/C14H21FN2O2/c1-2-6-16-7-10-11(15)4-3-5-12(10)17-8-13(18)14(19)9-17/h3-5,13-14,16,18-19H,2,6-9H2,1H3. The summed E-state index contributed by atoms with van der Waals surface area (Å²) in [6.07, 6.45) is -0.537. The zero-order valence-corrected chi connectivity index (χ0v) is 11.1. The summed E-state index contributed by atoms with van der Waals surface area (Å²) in [6.45, 7) is 4.02. The highest BCUT2D eigenvalue weighted by Gasteiger charge is 2.31. The molecule has 2 atom stereocenters. The predicted molar refractivity (Wildman–Crippen MR) is 72.6 cm³/mol. The molecule has 2 unspecified atom stereocenters. The van der Waals surface area contributed by atoms with E-state index in [1.54, 1.807) is 6.07 Å². The largest absolute Gasteiger partial charge is 0.389 e. The van der Waals surface area contributed by atoms with Crippen molar-refractivity contribution in [1.29, 1.82) is 0 Å². The summed E-state index contributed by atoms with van der Waals surface area (Å²) >= 11 is 0. The van der Waals surface area contributed by atoms with Gasteiger partial charge in [-0.05, 0) is 25.1 Å². The maximum atomic E-state index is 13.9. The monoisotopic (exact) mass is 268 g/mol. The van der Waals surface area contributed by atoms with Gasteiger partial charge in [-0.25, -0.2) is 4.39 Å². The molecule has 0 spiro atoms. The topological polar surface area (TPSA) is 55.7 Å². The van der Waals surface area contributed by atoms with Crippen LogP contribution in [-0.4, -0.2) is 42.1 Å². The number of nitrogens with zero attached hydrogens (tertiary/aromatic N) is 1. The first-order chi connectivity index (χ1) is 9.13. The highest BCUT2D eigenvalue weighted by atomic mass is 19.1. The number of nitrogens with one attached hydrogen (secondary N) is 1. The quantitative estimate of drug-likeness (QED) is 0.694. The van der Waals surface area contributed by atoms with E-state index in [1.807, 2.05) is 11.0 Å². The predicted octanol–water partition coefficient (Wildman–Crippen LogP) is 0.867. The van der Waals surface area contributed by atoms with E-state index in [1.165, 1.54) is 6.07 Å². The zero-order valence-electron chi connectivity index (χ0n) is 11.1. The van der Waals surface area contributed by atoms with Crippen LogP contribution in [0, 0.1) is 5.82 Å². The molecule has 2 rings (SSSR count). The SMILES string of the molecule is CCCNCc1c(F)cccc1N1CC(O)C(O)C1.